The van der Waals surface area contributed by atoms with Gasteiger partial charge >= 0.3 is 0 Å². The van der Waals surface area contributed by atoms with Gasteiger partial charge in [-0.15, -0.1) is 0 Å². The Balaban J connectivity index is 2.87. The van der Waals surface area contributed by atoms with Gasteiger partial charge in [0.1, 0.15) is 18.0 Å². The van der Waals surface area contributed by atoms with Crippen molar-refractivity contribution in [2.45, 2.75) is 12.5 Å². The third kappa shape index (κ3) is 2.48. The van der Waals surface area contributed by atoms with Gasteiger partial charge in [0.25, 0.3) is 0 Å². The number of nitrogens with two attached hydrogens (primary N) is 1. The molecule has 3 N–H and O–H groups in total. The van der Waals surface area contributed by atoms with E-state index in [2.05, 4.69) is 4.84 Å². The van der Waals surface area contributed by atoms with Crippen LogP contribution in [0.1, 0.15) is 12.5 Å². The molecule has 0 bridgehead atoms. The summed E-state index contributed by atoms with van der Waals surface area (Å²) < 4.78 is 12.5. The van der Waals surface area contributed by atoms with Crippen LogP contribution in [0.5, 0.6) is 0 Å². The fourth-order valence-electron chi connectivity index (χ4n) is 1.05. The molecule has 1 aromatic carbocycles. The Hall–Kier alpha value is -0.970. The van der Waals surface area contributed by atoms with Gasteiger partial charge in [0.15, 0.2) is 0 Å². The summed E-state index contributed by atoms with van der Waals surface area (Å²) in [5.74, 6) is 4.51. The van der Waals surface area contributed by atoms with Crippen LogP contribution in [-0.4, -0.2) is 11.7 Å². The molecule has 0 aromatic heterocycles. The Morgan fingerprint density at radius 3 is 2.46 bits per heavy atom. The third-order valence-electron chi connectivity index (χ3n) is 1.83. The molecular weight excluding hydrogens is 173 g/mol. The van der Waals surface area contributed by atoms with Gasteiger partial charge in [-0.05, 0) is 24.6 Å². The molecule has 0 heterocycles. The van der Waals surface area contributed by atoms with Crippen molar-refractivity contribution in [3.63, 3.8) is 0 Å². The highest BCUT2D eigenvalue weighted by Gasteiger charge is 2.22. The van der Waals surface area contributed by atoms with Gasteiger partial charge in [0.2, 0.25) is 0 Å². The predicted octanol–water partition coefficient (Wildman–Crippen LogP) is 0.923. The van der Waals surface area contributed by atoms with E-state index in [4.69, 9.17) is 5.90 Å². The lowest BCUT2D eigenvalue weighted by Gasteiger charge is -2.21. The quantitative estimate of drug-likeness (QED) is 0.688. The highest BCUT2D eigenvalue weighted by molar-refractivity contribution is 5.22. The van der Waals surface area contributed by atoms with E-state index in [0.29, 0.717) is 5.56 Å². The normalized spacial score (nSPS) is 15.4. The Bertz CT molecular complexity index is 271. The van der Waals surface area contributed by atoms with E-state index in [1.165, 1.54) is 24.3 Å². The van der Waals surface area contributed by atoms with Crippen molar-refractivity contribution in [3.05, 3.63) is 35.6 Å². The lowest BCUT2D eigenvalue weighted by atomic mass is 9.97. The Kier molecular flexibility index (Phi) is 2.98. The molecule has 72 valence electrons. The van der Waals surface area contributed by atoms with Gasteiger partial charge in [-0.3, -0.25) is 0 Å². The van der Waals surface area contributed by atoms with E-state index >= 15 is 0 Å². The summed E-state index contributed by atoms with van der Waals surface area (Å²) in [6.45, 7) is 1.52. The molecule has 0 aliphatic rings. The van der Waals surface area contributed by atoms with E-state index in [9.17, 15) is 9.50 Å². The van der Waals surface area contributed by atoms with E-state index in [1.807, 2.05) is 0 Å². The van der Waals surface area contributed by atoms with Gasteiger partial charge in [-0.1, -0.05) is 12.1 Å². The van der Waals surface area contributed by atoms with E-state index in [1.54, 1.807) is 6.92 Å². The van der Waals surface area contributed by atoms with Gasteiger partial charge in [-0.2, -0.15) is 0 Å². The number of aliphatic hydroxyl groups is 1. The predicted molar refractivity (Wildman–Crippen MR) is 46.1 cm³/mol. The van der Waals surface area contributed by atoms with Gasteiger partial charge in [0, 0.05) is 0 Å². The monoisotopic (exact) mass is 185 g/mol. The first-order valence-electron chi connectivity index (χ1n) is 3.86. The zero-order chi connectivity index (χ0) is 9.90. The van der Waals surface area contributed by atoms with Crippen molar-refractivity contribution in [2.24, 2.45) is 5.90 Å². The second-order valence-electron chi connectivity index (χ2n) is 3.09. The molecule has 0 aliphatic carbocycles. The summed E-state index contributed by atoms with van der Waals surface area (Å²) in [5, 5.41) is 9.75. The first-order valence-corrected chi connectivity index (χ1v) is 3.86. The number of halogens is 1. The summed E-state index contributed by atoms with van der Waals surface area (Å²) in [4.78, 5) is 4.35. The van der Waals surface area contributed by atoms with Gasteiger partial charge in [0.05, 0.1) is 0 Å². The maximum atomic E-state index is 12.5. The average Bonchev–Trinajstić information content (AvgIpc) is 2.05. The lowest BCUT2D eigenvalue weighted by Crippen LogP contribution is -2.29. The summed E-state index contributed by atoms with van der Waals surface area (Å²) in [5.41, 5.74) is -0.609. The molecular formula is C9H12FNO2. The van der Waals surface area contributed by atoms with Gasteiger partial charge < -0.3 is 9.94 Å². The van der Waals surface area contributed by atoms with Crippen molar-refractivity contribution >= 4 is 0 Å². The highest BCUT2D eigenvalue weighted by atomic mass is 19.1. The van der Waals surface area contributed by atoms with Crippen LogP contribution in [0.3, 0.4) is 0 Å². The molecule has 1 aromatic rings. The Morgan fingerprint density at radius 1 is 1.46 bits per heavy atom. The van der Waals surface area contributed by atoms with E-state index < -0.39 is 5.60 Å². The second kappa shape index (κ2) is 3.83. The minimum absolute atomic E-state index is 0.0291. The molecule has 0 amide bonds. The SMILES string of the molecule is CC(O)(CON)c1ccc(F)cc1. The second-order valence-corrected chi connectivity index (χ2v) is 3.09. The van der Waals surface area contributed by atoms with Crippen LogP contribution in [0, 0.1) is 5.82 Å². The molecule has 0 saturated heterocycles. The highest BCUT2D eigenvalue weighted by Crippen LogP contribution is 2.20. The van der Waals surface area contributed by atoms with Gasteiger partial charge in [-0.25, -0.2) is 10.3 Å². The molecule has 1 unspecified atom stereocenters. The van der Waals surface area contributed by atoms with Crippen molar-refractivity contribution < 1.29 is 14.3 Å². The van der Waals surface area contributed by atoms with Crippen LogP contribution in [-0.2, 0) is 10.4 Å². The smallest absolute Gasteiger partial charge is 0.123 e. The van der Waals surface area contributed by atoms with Crippen LogP contribution in [0.25, 0.3) is 0 Å². The van der Waals surface area contributed by atoms with E-state index in [-0.39, 0.29) is 12.4 Å². The molecule has 0 radical (unpaired) electrons. The fourth-order valence-corrected chi connectivity index (χ4v) is 1.05. The lowest BCUT2D eigenvalue weighted by molar-refractivity contribution is -0.0387. The molecule has 3 nitrogen and oxygen atoms in total. The summed E-state index contributed by atoms with van der Waals surface area (Å²) in [7, 11) is 0. The number of rotatable bonds is 3. The minimum Gasteiger partial charge on any atom is -0.383 e. The van der Waals surface area contributed by atoms with Crippen molar-refractivity contribution in [1.29, 1.82) is 0 Å². The molecule has 0 fully saturated rings. The molecule has 4 heteroatoms. The van der Waals surface area contributed by atoms with Crippen LogP contribution < -0.4 is 5.90 Å². The third-order valence-corrected chi connectivity index (χ3v) is 1.83. The summed E-state index contributed by atoms with van der Waals surface area (Å²) in [6.07, 6.45) is 0. The summed E-state index contributed by atoms with van der Waals surface area (Å²) in [6, 6.07) is 5.54. The maximum absolute atomic E-state index is 12.5. The van der Waals surface area contributed by atoms with Crippen molar-refractivity contribution in [2.75, 3.05) is 6.61 Å². The largest absolute Gasteiger partial charge is 0.383 e. The summed E-state index contributed by atoms with van der Waals surface area (Å²) >= 11 is 0. The fraction of sp³-hybridized carbons (Fsp3) is 0.333. The average molecular weight is 185 g/mol. The van der Waals surface area contributed by atoms with Crippen molar-refractivity contribution in [1.82, 2.24) is 0 Å². The zero-order valence-corrected chi connectivity index (χ0v) is 7.33. The number of hydrogen-bond donors (Lipinski definition) is 2. The first kappa shape index (κ1) is 10.1. The zero-order valence-electron chi connectivity index (χ0n) is 7.33. The molecule has 0 aliphatic heterocycles. The molecule has 1 rings (SSSR count). The molecule has 13 heavy (non-hydrogen) atoms. The molecule has 0 saturated carbocycles. The van der Waals surface area contributed by atoms with E-state index in [0.717, 1.165) is 0 Å². The maximum Gasteiger partial charge on any atom is 0.123 e. The van der Waals surface area contributed by atoms with Crippen LogP contribution >= 0.6 is 0 Å². The number of hydrogen-bond acceptors (Lipinski definition) is 3. The van der Waals surface area contributed by atoms with Crippen LogP contribution in [0.15, 0.2) is 24.3 Å². The van der Waals surface area contributed by atoms with Crippen LogP contribution in [0.4, 0.5) is 4.39 Å². The Labute approximate surface area is 75.9 Å². The topological polar surface area (TPSA) is 55.5 Å². The minimum atomic E-state index is -1.18. The molecule has 0 spiro atoms. The van der Waals surface area contributed by atoms with Crippen molar-refractivity contribution in [3.8, 4) is 0 Å². The van der Waals surface area contributed by atoms with Crippen LogP contribution in [0.2, 0.25) is 0 Å². The molecule has 1 atom stereocenters. The Morgan fingerprint density at radius 2 is 2.00 bits per heavy atom. The number of benzene rings is 1. The standard InChI is InChI=1S/C9H12FNO2/c1-9(12,6-13-11)7-2-4-8(10)5-3-7/h2-5,12H,6,11H2,1H3. The first-order chi connectivity index (χ1) is 6.06.